The molecule has 2 aliphatic rings. The molecule has 0 aromatic rings. The molecular formula is C8H14N2S. The van der Waals surface area contributed by atoms with Crippen molar-refractivity contribution < 1.29 is 0 Å². The summed E-state index contributed by atoms with van der Waals surface area (Å²) in [6, 6.07) is 0.790. The van der Waals surface area contributed by atoms with Crippen LogP contribution >= 0.6 is 11.8 Å². The SMILES string of the molecule is C/N=C1\SC2CCCC2N1C. The normalized spacial score (nSPS) is 40.2. The maximum atomic E-state index is 4.26. The van der Waals surface area contributed by atoms with Gasteiger partial charge in [0.25, 0.3) is 0 Å². The summed E-state index contributed by atoms with van der Waals surface area (Å²) >= 11 is 1.97. The van der Waals surface area contributed by atoms with E-state index >= 15 is 0 Å². The van der Waals surface area contributed by atoms with Crippen molar-refractivity contribution in [1.82, 2.24) is 4.90 Å². The molecule has 1 saturated heterocycles. The average Bonchev–Trinajstić information content (AvgIpc) is 2.53. The minimum atomic E-state index is 0.790. The van der Waals surface area contributed by atoms with Gasteiger partial charge >= 0.3 is 0 Å². The number of nitrogens with zero attached hydrogens (tertiary/aromatic N) is 2. The van der Waals surface area contributed by atoms with E-state index in [1.807, 2.05) is 18.8 Å². The van der Waals surface area contributed by atoms with Crippen LogP contribution in [0.1, 0.15) is 19.3 Å². The highest BCUT2D eigenvalue weighted by atomic mass is 32.2. The molecule has 0 aromatic carbocycles. The molecule has 0 N–H and O–H groups in total. The van der Waals surface area contributed by atoms with Crippen molar-refractivity contribution in [1.29, 1.82) is 0 Å². The van der Waals surface area contributed by atoms with Crippen molar-refractivity contribution in [3.8, 4) is 0 Å². The van der Waals surface area contributed by atoms with E-state index < -0.39 is 0 Å². The highest BCUT2D eigenvalue weighted by Gasteiger charge is 2.39. The molecule has 1 aliphatic carbocycles. The van der Waals surface area contributed by atoms with Crippen LogP contribution in [0.2, 0.25) is 0 Å². The van der Waals surface area contributed by atoms with Crippen LogP contribution in [0.3, 0.4) is 0 Å². The van der Waals surface area contributed by atoms with Crippen LogP contribution in [-0.2, 0) is 0 Å². The topological polar surface area (TPSA) is 15.6 Å². The quantitative estimate of drug-likeness (QED) is 0.548. The predicted molar refractivity (Wildman–Crippen MR) is 50.1 cm³/mol. The first kappa shape index (κ1) is 7.47. The van der Waals surface area contributed by atoms with E-state index in [2.05, 4.69) is 16.9 Å². The van der Waals surface area contributed by atoms with E-state index in [1.165, 1.54) is 24.4 Å². The molecule has 2 nitrogen and oxygen atoms in total. The fourth-order valence-corrected chi connectivity index (χ4v) is 3.50. The third-order valence-corrected chi connectivity index (χ3v) is 4.20. The third kappa shape index (κ3) is 1.06. The Labute approximate surface area is 72.1 Å². The number of rotatable bonds is 0. The molecule has 2 unspecified atom stereocenters. The summed E-state index contributed by atoms with van der Waals surface area (Å²) in [5, 5.41) is 2.08. The van der Waals surface area contributed by atoms with Gasteiger partial charge in [-0.25, -0.2) is 0 Å². The van der Waals surface area contributed by atoms with Gasteiger partial charge in [-0.05, 0) is 12.8 Å². The van der Waals surface area contributed by atoms with Gasteiger partial charge in [0.05, 0.1) is 0 Å². The minimum Gasteiger partial charge on any atom is -0.350 e. The second-order valence-electron chi connectivity index (χ2n) is 3.27. The molecule has 2 atom stereocenters. The number of thioether (sulfide) groups is 1. The number of fused-ring (bicyclic) bond motifs is 1. The van der Waals surface area contributed by atoms with Crippen LogP contribution in [0, 0.1) is 0 Å². The lowest BCUT2D eigenvalue weighted by Crippen LogP contribution is -2.30. The monoisotopic (exact) mass is 170 g/mol. The van der Waals surface area contributed by atoms with Crippen molar-refractivity contribution >= 4 is 16.9 Å². The smallest absolute Gasteiger partial charge is 0.159 e. The number of aliphatic imine (C=N–C) groups is 1. The first-order chi connectivity index (χ1) is 5.33. The largest absolute Gasteiger partial charge is 0.350 e. The van der Waals surface area contributed by atoms with E-state index in [1.54, 1.807) is 0 Å². The Morgan fingerprint density at radius 2 is 2.36 bits per heavy atom. The summed E-state index contributed by atoms with van der Waals surface area (Å²) in [6.07, 6.45) is 4.16. The zero-order valence-electron chi connectivity index (χ0n) is 7.08. The van der Waals surface area contributed by atoms with E-state index in [9.17, 15) is 0 Å². The first-order valence-electron chi connectivity index (χ1n) is 4.19. The fraction of sp³-hybridized carbons (Fsp3) is 0.875. The maximum absolute atomic E-state index is 4.26. The van der Waals surface area contributed by atoms with Crippen molar-refractivity contribution in [2.75, 3.05) is 14.1 Å². The number of amidine groups is 1. The Kier molecular flexibility index (Phi) is 1.83. The molecule has 0 radical (unpaired) electrons. The second kappa shape index (κ2) is 2.70. The molecular weight excluding hydrogens is 156 g/mol. The molecule has 2 rings (SSSR count). The van der Waals surface area contributed by atoms with Gasteiger partial charge in [-0.3, -0.25) is 4.99 Å². The van der Waals surface area contributed by atoms with Gasteiger partial charge < -0.3 is 4.90 Å². The van der Waals surface area contributed by atoms with Crippen LogP contribution in [0.4, 0.5) is 0 Å². The predicted octanol–water partition coefficient (Wildman–Crippen LogP) is 1.57. The van der Waals surface area contributed by atoms with E-state index in [0.29, 0.717) is 0 Å². The molecule has 0 bridgehead atoms. The third-order valence-electron chi connectivity index (χ3n) is 2.66. The van der Waals surface area contributed by atoms with Crippen molar-refractivity contribution in [2.45, 2.75) is 30.6 Å². The molecule has 11 heavy (non-hydrogen) atoms. The van der Waals surface area contributed by atoms with Crippen molar-refractivity contribution in [3.63, 3.8) is 0 Å². The molecule has 0 spiro atoms. The Balaban J connectivity index is 2.16. The average molecular weight is 170 g/mol. The zero-order valence-corrected chi connectivity index (χ0v) is 7.90. The second-order valence-corrected chi connectivity index (χ2v) is 4.48. The Morgan fingerprint density at radius 1 is 1.55 bits per heavy atom. The molecule has 1 heterocycles. The van der Waals surface area contributed by atoms with E-state index in [-0.39, 0.29) is 0 Å². The minimum absolute atomic E-state index is 0.790. The van der Waals surface area contributed by atoms with Crippen LogP contribution < -0.4 is 0 Å². The molecule has 0 aromatic heterocycles. The van der Waals surface area contributed by atoms with Gasteiger partial charge in [-0.1, -0.05) is 18.2 Å². The highest BCUT2D eigenvalue weighted by molar-refractivity contribution is 8.14. The molecule has 1 saturated carbocycles. The summed E-state index contributed by atoms with van der Waals surface area (Å²) in [7, 11) is 4.06. The summed E-state index contributed by atoms with van der Waals surface area (Å²) in [5.41, 5.74) is 0. The van der Waals surface area contributed by atoms with Crippen LogP contribution in [0.25, 0.3) is 0 Å². The molecule has 0 amide bonds. The molecule has 3 heteroatoms. The molecule has 62 valence electrons. The lowest BCUT2D eigenvalue weighted by Gasteiger charge is -2.18. The van der Waals surface area contributed by atoms with Crippen molar-refractivity contribution in [3.05, 3.63) is 0 Å². The van der Waals surface area contributed by atoms with Gasteiger partial charge in [0.1, 0.15) is 0 Å². The molecule has 1 aliphatic heterocycles. The van der Waals surface area contributed by atoms with Crippen LogP contribution in [0.15, 0.2) is 4.99 Å². The lowest BCUT2D eigenvalue weighted by molar-refractivity contribution is 0.397. The lowest BCUT2D eigenvalue weighted by atomic mass is 10.2. The Hall–Kier alpha value is -0.180. The van der Waals surface area contributed by atoms with Crippen LogP contribution in [0.5, 0.6) is 0 Å². The van der Waals surface area contributed by atoms with Gasteiger partial charge in [-0.2, -0.15) is 0 Å². The first-order valence-corrected chi connectivity index (χ1v) is 5.07. The Bertz CT molecular complexity index is 191. The molecule has 2 fully saturated rings. The van der Waals surface area contributed by atoms with E-state index in [0.717, 1.165) is 11.3 Å². The summed E-state index contributed by atoms with van der Waals surface area (Å²) < 4.78 is 0. The summed E-state index contributed by atoms with van der Waals surface area (Å²) in [6.45, 7) is 0. The fourth-order valence-electron chi connectivity index (χ4n) is 2.06. The van der Waals surface area contributed by atoms with Gasteiger partial charge in [-0.15, -0.1) is 0 Å². The Morgan fingerprint density at radius 3 is 3.00 bits per heavy atom. The number of hydrogen-bond donors (Lipinski definition) is 0. The van der Waals surface area contributed by atoms with E-state index in [4.69, 9.17) is 0 Å². The zero-order chi connectivity index (χ0) is 7.84. The highest BCUT2D eigenvalue weighted by Crippen LogP contribution is 2.40. The number of hydrogen-bond acceptors (Lipinski definition) is 2. The van der Waals surface area contributed by atoms with Gasteiger partial charge in [0.2, 0.25) is 0 Å². The van der Waals surface area contributed by atoms with Crippen LogP contribution in [-0.4, -0.2) is 35.5 Å². The maximum Gasteiger partial charge on any atom is 0.159 e. The van der Waals surface area contributed by atoms with Gasteiger partial charge in [0, 0.05) is 25.4 Å². The van der Waals surface area contributed by atoms with Crippen molar-refractivity contribution in [2.24, 2.45) is 4.99 Å². The van der Waals surface area contributed by atoms with Gasteiger partial charge in [0.15, 0.2) is 5.17 Å². The summed E-state index contributed by atoms with van der Waals surface area (Å²) in [4.78, 5) is 6.61. The summed E-state index contributed by atoms with van der Waals surface area (Å²) in [5.74, 6) is 0. The standard InChI is InChI=1S/C8H14N2S/c1-9-8-10(2)6-4-3-5-7(6)11-8/h6-7H,3-5H2,1-2H3/b9-8-.